The van der Waals surface area contributed by atoms with Gasteiger partial charge in [0.2, 0.25) is 0 Å². The highest BCUT2D eigenvalue weighted by molar-refractivity contribution is 5.95. The van der Waals surface area contributed by atoms with Gasteiger partial charge in [0.15, 0.2) is 5.60 Å². The fraction of sp³-hybridized carbons (Fsp3) is 0.417. The van der Waals surface area contributed by atoms with Gasteiger partial charge in [0.1, 0.15) is 0 Å². The van der Waals surface area contributed by atoms with Gasteiger partial charge >= 0.3 is 0 Å². The van der Waals surface area contributed by atoms with Crippen molar-refractivity contribution in [2.24, 2.45) is 5.73 Å². The Morgan fingerprint density at radius 1 is 1.44 bits per heavy atom. The molecule has 1 aliphatic rings. The molecule has 1 saturated heterocycles. The molecule has 2 heterocycles. The average molecular weight is 249 g/mol. The predicted molar refractivity (Wildman–Crippen MR) is 63.7 cm³/mol. The van der Waals surface area contributed by atoms with Gasteiger partial charge in [0, 0.05) is 24.5 Å². The maximum Gasteiger partial charge on any atom is 0.254 e. The quantitative estimate of drug-likeness (QED) is 0.786. The fourth-order valence-corrected chi connectivity index (χ4v) is 1.87. The smallest absolute Gasteiger partial charge is 0.254 e. The lowest BCUT2D eigenvalue weighted by atomic mass is 10.0. The number of hydrogen-bond acceptors (Lipinski definition) is 4. The molecule has 96 valence electrons. The van der Waals surface area contributed by atoms with Gasteiger partial charge < -0.3 is 15.4 Å². The van der Waals surface area contributed by atoms with Crippen LogP contribution in [0.1, 0.15) is 17.3 Å². The van der Waals surface area contributed by atoms with Gasteiger partial charge in [0.05, 0.1) is 13.2 Å². The van der Waals surface area contributed by atoms with Crippen LogP contribution in [0.2, 0.25) is 0 Å². The molecule has 0 spiro atoms. The summed E-state index contributed by atoms with van der Waals surface area (Å²) in [5, 5.41) is 0. The molecule has 1 atom stereocenters. The first-order chi connectivity index (χ1) is 8.53. The van der Waals surface area contributed by atoms with Gasteiger partial charge in [-0.3, -0.25) is 14.6 Å². The molecule has 6 heteroatoms. The molecule has 0 unspecified atom stereocenters. The number of aromatic nitrogens is 1. The number of hydrogen-bond donors (Lipinski definition) is 1. The van der Waals surface area contributed by atoms with Crippen molar-refractivity contribution in [1.29, 1.82) is 0 Å². The largest absolute Gasteiger partial charge is 0.367 e. The number of ether oxygens (including phenoxy) is 1. The fourth-order valence-electron chi connectivity index (χ4n) is 1.87. The highest BCUT2D eigenvalue weighted by Gasteiger charge is 2.39. The molecule has 1 aliphatic heterocycles. The van der Waals surface area contributed by atoms with Crippen molar-refractivity contribution in [2.75, 3.05) is 19.7 Å². The van der Waals surface area contributed by atoms with Crippen molar-refractivity contribution in [2.45, 2.75) is 12.5 Å². The van der Waals surface area contributed by atoms with Gasteiger partial charge in [-0.1, -0.05) is 0 Å². The van der Waals surface area contributed by atoms with Crippen molar-refractivity contribution in [3.63, 3.8) is 0 Å². The number of rotatable bonds is 2. The van der Waals surface area contributed by atoms with E-state index in [1.807, 2.05) is 0 Å². The Kier molecular flexibility index (Phi) is 3.29. The predicted octanol–water partition coefficient (Wildman–Crippen LogP) is -0.202. The molecular formula is C12H15N3O3. The molecular weight excluding hydrogens is 234 g/mol. The molecule has 2 N–H and O–H groups in total. The summed E-state index contributed by atoms with van der Waals surface area (Å²) in [6, 6.07) is 3.28. The van der Waals surface area contributed by atoms with Gasteiger partial charge in [0.25, 0.3) is 11.8 Å². The number of carbonyl (C=O) groups is 2. The molecule has 1 aromatic rings. The maximum atomic E-state index is 12.2. The molecule has 2 amide bonds. The number of amides is 2. The molecule has 2 rings (SSSR count). The van der Waals surface area contributed by atoms with Crippen LogP contribution >= 0.6 is 0 Å². The van der Waals surface area contributed by atoms with Crippen LogP contribution in [0.3, 0.4) is 0 Å². The van der Waals surface area contributed by atoms with Crippen LogP contribution in [0, 0.1) is 0 Å². The van der Waals surface area contributed by atoms with E-state index in [2.05, 4.69) is 4.98 Å². The first kappa shape index (κ1) is 12.5. The normalized spacial score (nSPS) is 23.7. The van der Waals surface area contributed by atoms with E-state index in [1.54, 1.807) is 36.4 Å². The first-order valence-electron chi connectivity index (χ1n) is 5.66. The number of primary amides is 1. The Hall–Kier alpha value is -1.95. The Morgan fingerprint density at radius 3 is 2.72 bits per heavy atom. The minimum Gasteiger partial charge on any atom is -0.367 e. The number of pyridine rings is 1. The molecule has 0 aromatic carbocycles. The molecule has 18 heavy (non-hydrogen) atoms. The van der Waals surface area contributed by atoms with Crippen molar-refractivity contribution in [1.82, 2.24) is 9.88 Å². The summed E-state index contributed by atoms with van der Waals surface area (Å²) < 4.78 is 5.36. The molecule has 1 fully saturated rings. The van der Waals surface area contributed by atoms with Crippen LogP contribution in [0.5, 0.6) is 0 Å². The van der Waals surface area contributed by atoms with Gasteiger partial charge in [-0.15, -0.1) is 0 Å². The zero-order valence-corrected chi connectivity index (χ0v) is 10.1. The molecule has 0 aliphatic carbocycles. The van der Waals surface area contributed by atoms with Crippen molar-refractivity contribution in [3.05, 3.63) is 30.1 Å². The summed E-state index contributed by atoms with van der Waals surface area (Å²) in [7, 11) is 0. The zero-order valence-electron chi connectivity index (χ0n) is 10.1. The van der Waals surface area contributed by atoms with E-state index < -0.39 is 11.5 Å². The molecule has 1 aromatic heterocycles. The van der Waals surface area contributed by atoms with Crippen LogP contribution in [0.4, 0.5) is 0 Å². The van der Waals surface area contributed by atoms with Crippen molar-refractivity contribution >= 4 is 11.8 Å². The molecule has 6 nitrogen and oxygen atoms in total. The second kappa shape index (κ2) is 4.73. The Labute approximate surface area is 105 Å². The maximum absolute atomic E-state index is 12.2. The average Bonchev–Trinajstić information content (AvgIpc) is 2.39. The third kappa shape index (κ3) is 2.33. The number of carbonyl (C=O) groups excluding carboxylic acids is 2. The third-order valence-corrected chi connectivity index (χ3v) is 3.01. The number of nitrogens with two attached hydrogens (primary N) is 1. The number of morpholine rings is 1. The standard InChI is InChI=1S/C12H15N3O3/c1-12(11(13)17)8-15(6-7-18-12)10(16)9-2-4-14-5-3-9/h2-5H,6-8H2,1H3,(H2,13,17)/t12-/m1/s1. The highest BCUT2D eigenvalue weighted by Crippen LogP contribution is 2.18. The van der Waals surface area contributed by atoms with Crippen LogP contribution in [-0.2, 0) is 9.53 Å². The Bertz CT molecular complexity index is 463. The van der Waals surface area contributed by atoms with E-state index in [4.69, 9.17) is 10.5 Å². The summed E-state index contributed by atoms with van der Waals surface area (Å²) in [6.45, 7) is 2.52. The first-order valence-corrected chi connectivity index (χ1v) is 5.66. The topological polar surface area (TPSA) is 85.5 Å². The summed E-state index contributed by atoms with van der Waals surface area (Å²) in [6.07, 6.45) is 3.11. The van der Waals surface area contributed by atoms with Crippen LogP contribution in [-0.4, -0.2) is 47.0 Å². The summed E-state index contributed by atoms with van der Waals surface area (Å²) >= 11 is 0. The monoisotopic (exact) mass is 249 g/mol. The lowest BCUT2D eigenvalue weighted by molar-refractivity contribution is -0.150. The minimum absolute atomic E-state index is 0.145. The SMILES string of the molecule is C[C@]1(C(N)=O)CN(C(=O)c2ccncc2)CCO1. The summed E-state index contributed by atoms with van der Waals surface area (Å²) in [4.78, 5) is 29.0. The van der Waals surface area contributed by atoms with E-state index in [9.17, 15) is 9.59 Å². The van der Waals surface area contributed by atoms with Gasteiger partial charge in [-0.2, -0.15) is 0 Å². The Balaban J connectivity index is 2.15. The third-order valence-electron chi connectivity index (χ3n) is 3.01. The number of nitrogens with zero attached hydrogens (tertiary/aromatic N) is 2. The van der Waals surface area contributed by atoms with E-state index in [-0.39, 0.29) is 12.5 Å². The second-order valence-electron chi connectivity index (χ2n) is 4.41. The van der Waals surface area contributed by atoms with Crippen LogP contribution in [0.15, 0.2) is 24.5 Å². The van der Waals surface area contributed by atoms with Crippen molar-refractivity contribution < 1.29 is 14.3 Å². The van der Waals surface area contributed by atoms with Gasteiger partial charge in [-0.25, -0.2) is 0 Å². The molecule has 0 saturated carbocycles. The van der Waals surface area contributed by atoms with E-state index >= 15 is 0 Å². The van der Waals surface area contributed by atoms with Gasteiger partial charge in [-0.05, 0) is 19.1 Å². The lowest BCUT2D eigenvalue weighted by Crippen LogP contribution is -2.58. The van der Waals surface area contributed by atoms with E-state index in [0.717, 1.165) is 0 Å². The van der Waals surface area contributed by atoms with Crippen molar-refractivity contribution in [3.8, 4) is 0 Å². The molecule has 0 bridgehead atoms. The Morgan fingerprint density at radius 2 is 2.11 bits per heavy atom. The zero-order chi connectivity index (χ0) is 13.2. The van der Waals surface area contributed by atoms with Crippen LogP contribution in [0.25, 0.3) is 0 Å². The molecule has 0 radical (unpaired) electrons. The van der Waals surface area contributed by atoms with E-state index in [1.165, 1.54) is 0 Å². The summed E-state index contributed by atoms with van der Waals surface area (Å²) in [5.74, 6) is -0.706. The summed E-state index contributed by atoms with van der Waals surface area (Å²) in [5.41, 5.74) is 4.72. The van der Waals surface area contributed by atoms with Crippen LogP contribution < -0.4 is 5.73 Å². The van der Waals surface area contributed by atoms with E-state index in [0.29, 0.717) is 18.7 Å². The highest BCUT2D eigenvalue weighted by atomic mass is 16.5. The minimum atomic E-state index is -1.11. The second-order valence-corrected chi connectivity index (χ2v) is 4.41. The lowest BCUT2D eigenvalue weighted by Gasteiger charge is -2.38.